The Hall–Kier alpha value is -3.90. The smallest absolute Gasteiger partial charge is 0.143 e. The number of ether oxygens (including phenoxy) is 1. The first kappa shape index (κ1) is 20.0. The number of anilines is 4. The van der Waals surface area contributed by atoms with Crippen molar-refractivity contribution in [2.75, 3.05) is 17.7 Å². The minimum atomic E-state index is 0.741. The number of nitrogens with zero attached hydrogens (tertiary/aromatic N) is 2. The molecule has 0 fully saturated rings. The number of hydrogen-bond donors (Lipinski definition) is 2. The Morgan fingerprint density at radius 3 is 2.09 bits per heavy atom. The van der Waals surface area contributed by atoms with Gasteiger partial charge in [-0.1, -0.05) is 30.3 Å². The van der Waals surface area contributed by atoms with Crippen molar-refractivity contribution in [3.8, 4) is 16.9 Å². The minimum absolute atomic E-state index is 0.741. The zero-order chi connectivity index (χ0) is 21.9. The van der Waals surface area contributed by atoms with Gasteiger partial charge < -0.3 is 15.4 Å². The molecule has 0 aliphatic heterocycles. The Morgan fingerprint density at radius 2 is 1.41 bits per heavy atom. The summed E-state index contributed by atoms with van der Waals surface area (Å²) in [6, 6.07) is 26.4. The molecule has 0 atom stereocenters. The molecule has 0 unspecified atom stereocenters. The predicted molar refractivity (Wildman–Crippen MR) is 134 cm³/mol. The summed E-state index contributed by atoms with van der Waals surface area (Å²) in [6.07, 6.45) is 0. The van der Waals surface area contributed by atoms with Crippen molar-refractivity contribution >= 4 is 44.4 Å². The summed E-state index contributed by atoms with van der Waals surface area (Å²) in [4.78, 5) is 10.3. The van der Waals surface area contributed by atoms with Crippen molar-refractivity contribution in [2.24, 2.45) is 0 Å². The number of thiophene rings is 1. The number of methoxy groups -OCH3 is 1. The van der Waals surface area contributed by atoms with Crippen LogP contribution in [0.3, 0.4) is 0 Å². The zero-order valence-corrected chi connectivity index (χ0v) is 18.6. The minimum Gasteiger partial charge on any atom is -0.497 e. The molecule has 0 amide bonds. The summed E-state index contributed by atoms with van der Waals surface area (Å²) in [5.74, 6) is 2.39. The molecule has 5 aromatic rings. The molecule has 3 aromatic carbocycles. The number of aromatic nitrogens is 2. The second-order valence-electron chi connectivity index (χ2n) is 7.37. The molecule has 158 valence electrons. The number of benzene rings is 3. The fraction of sp³-hybridized carbons (Fsp3) is 0.0769. The summed E-state index contributed by atoms with van der Waals surface area (Å²) in [5.41, 5.74) is 5.27. The zero-order valence-electron chi connectivity index (χ0n) is 17.8. The Morgan fingerprint density at radius 1 is 0.750 bits per heavy atom. The lowest BCUT2D eigenvalue weighted by molar-refractivity contribution is 0.415. The summed E-state index contributed by atoms with van der Waals surface area (Å²) >= 11 is 1.63. The number of fused-ring (bicyclic) bond motifs is 1. The maximum atomic E-state index is 5.30. The molecular weight excluding hydrogens is 416 g/mol. The highest BCUT2D eigenvalue weighted by Crippen LogP contribution is 2.38. The third-order valence-electron chi connectivity index (χ3n) is 5.16. The standard InChI is InChI=1S/C26H22N4OS/c1-17-27-25(30-21-12-10-20(11-13-21)29-19-6-4-3-5-7-19)24-23(16-32-26(24)28-17)18-8-14-22(31-2)15-9-18/h3-16,29H,1-2H3,(H,27,28,30). The number of hydrogen-bond acceptors (Lipinski definition) is 6. The molecular formula is C26H22N4OS. The van der Waals surface area contributed by atoms with Crippen LogP contribution >= 0.6 is 11.3 Å². The molecule has 0 saturated carbocycles. The van der Waals surface area contributed by atoms with Crippen molar-refractivity contribution < 1.29 is 4.74 Å². The predicted octanol–water partition coefficient (Wildman–Crippen LogP) is 7.16. The lowest BCUT2D eigenvalue weighted by Gasteiger charge is -2.11. The number of para-hydroxylation sites is 1. The summed E-state index contributed by atoms with van der Waals surface area (Å²) in [7, 11) is 1.67. The highest BCUT2D eigenvalue weighted by atomic mass is 32.1. The topological polar surface area (TPSA) is 59.1 Å². The van der Waals surface area contributed by atoms with E-state index in [0.717, 1.165) is 55.8 Å². The van der Waals surface area contributed by atoms with Crippen LogP contribution in [0.25, 0.3) is 21.3 Å². The molecule has 5 nitrogen and oxygen atoms in total. The molecule has 2 heterocycles. The fourth-order valence-electron chi connectivity index (χ4n) is 3.58. The highest BCUT2D eigenvalue weighted by molar-refractivity contribution is 7.17. The normalized spacial score (nSPS) is 10.8. The van der Waals surface area contributed by atoms with Gasteiger partial charge in [0, 0.05) is 28.0 Å². The van der Waals surface area contributed by atoms with Crippen molar-refractivity contribution in [3.05, 3.63) is 90.1 Å². The Labute approximate surface area is 190 Å². The van der Waals surface area contributed by atoms with E-state index >= 15 is 0 Å². The fourth-order valence-corrected chi connectivity index (χ4v) is 4.58. The third-order valence-corrected chi connectivity index (χ3v) is 6.03. The van der Waals surface area contributed by atoms with Crippen molar-refractivity contribution in [3.63, 3.8) is 0 Å². The summed E-state index contributed by atoms with van der Waals surface area (Å²) in [5, 5.41) is 10.1. The largest absolute Gasteiger partial charge is 0.497 e. The van der Waals surface area contributed by atoms with Crippen molar-refractivity contribution in [2.45, 2.75) is 6.92 Å². The first-order chi connectivity index (χ1) is 15.7. The number of rotatable bonds is 6. The quantitative estimate of drug-likeness (QED) is 0.294. The average Bonchev–Trinajstić information content (AvgIpc) is 3.25. The molecule has 5 rings (SSSR count). The second-order valence-corrected chi connectivity index (χ2v) is 8.23. The van der Waals surface area contributed by atoms with Gasteiger partial charge in [-0.25, -0.2) is 9.97 Å². The molecule has 32 heavy (non-hydrogen) atoms. The van der Waals surface area contributed by atoms with E-state index in [4.69, 9.17) is 9.72 Å². The number of nitrogens with one attached hydrogen (secondary N) is 2. The van der Waals surface area contributed by atoms with Crippen LogP contribution in [0.2, 0.25) is 0 Å². The van der Waals surface area contributed by atoms with Gasteiger partial charge in [0.2, 0.25) is 0 Å². The summed E-state index contributed by atoms with van der Waals surface area (Å²) < 4.78 is 5.30. The van der Waals surface area contributed by atoms with Crippen LogP contribution in [0.1, 0.15) is 5.82 Å². The maximum Gasteiger partial charge on any atom is 0.143 e. The van der Waals surface area contributed by atoms with E-state index < -0.39 is 0 Å². The van der Waals surface area contributed by atoms with Gasteiger partial charge in [0.1, 0.15) is 22.2 Å². The van der Waals surface area contributed by atoms with E-state index in [2.05, 4.69) is 45.3 Å². The maximum absolute atomic E-state index is 5.30. The van der Waals surface area contributed by atoms with E-state index in [1.165, 1.54) is 0 Å². The second kappa shape index (κ2) is 8.69. The first-order valence-corrected chi connectivity index (χ1v) is 11.2. The van der Waals surface area contributed by atoms with Gasteiger partial charge in [-0.3, -0.25) is 0 Å². The monoisotopic (exact) mass is 438 g/mol. The molecule has 0 spiro atoms. The Balaban J connectivity index is 1.46. The third kappa shape index (κ3) is 4.13. The molecule has 2 aromatic heterocycles. The van der Waals surface area contributed by atoms with Crippen LogP contribution in [-0.4, -0.2) is 17.1 Å². The average molecular weight is 439 g/mol. The lowest BCUT2D eigenvalue weighted by atomic mass is 10.1. The first-order valence-electron chi connectivity index (χ1n) is 10.3. The van der Waals surface area contributed by atoms with Crippen molar-refractivity contribution in [1.29, 1.82) is 0 Å². The van der Waals surface area contributed by atoms with Crippen LogP contribution in [0.5, 0.6) is 5.75 Å². The molecule has 0 aliphatic rings. The number of aryl methyl sites for hydroxylation is 1. The van der Waals surface area contributed by atoms with Crippen LogP contribution in [0.4, 0.5) is 22.9 Å². The van der Waals surface area contributed by atoms with Gasteiger partial charge in [0.15, 0.2) is 0 Å². The molecule has 2 N–H and O–H groups in total. The van der Waals surface area contributed by atoms with E-state index in [1.54, 1.807) is 18.4 Å². The van der Waals surface area contributed by atoms with Gasteiger partial charge in [0.25, 0.3) is 0 Å². The van der Waals surface area contributed by atoms with Crippen LogP contribution < -0.4 is 15.4 Å². The highest BCUT2D eigenvalue weighted by Gasteiger charge is 2.15. The van der Waals surface area contributed by atoms with Gasteiger partial charge in [0.05, 0.1) is 12.5 Å². The molecule has 0 saturated heterocycles. The van der Waals surface area contributed by atoms with Gasteiger partial charge in [-0.05, 0) is 61.0 Å². The van der Waals surface area contributed by atoms with Gasteiger partial charge in [-0.15, -0.1) is 11.3 Å². The summed E-state index contributed by atoms with van der Waals surface area (Å²) in [6.45, 7) is 1.92. The van der Waals surface area contributed by atoms with E-state index in [-0.39, 0.29) is 0 Å². The van der Waals surface area contributed by atoms with E-state index in [0.29, 0.717) is 0 Å². The molecule has 6 heteroatoms. The van der Waals surface area contributed by atoms with Crippen molar-refractivity contribution in [1.82, 2.24) is 9.97 Å². The molecule has 0 bridgehead atoms. The Kier molecular flexibility index (Phi) is 5.44. The molecule has 0 aliphatic carbocycles. The van der Waals surface area contributed by atoms with Crippen LogP contribution in [0.15, 0.2) is 84.2 Å². The SMILES string of the molecule is COc1ccc(-c2csc3nc(C)nc(Nc4ccc(Nc5ccccc5)cc4)c23)cc1. The van der Waals surface area contributed by atoms with Gasteiger partial charge in [-0.2, -0.15) is 0 Å². The van der Waals surface area contributed by atoms with E-state index in [9.17, 15) is 0 Å². The van der Waals surface area contributed by atoms with Crippen LogP contribution in [0, 0.1) is 6.92 Å². The lowest BCUT2D eigenvalue weighted by Crippen LogP contribution is -1.98. The molecule has 0 radical (unpaired) electrons. The van der Waals surface area contributed by atoms with Crippen LogP contribution in [-0.2, 0) is 0 Å². The van der Waals surface area contributed by atoms with Gasteiger partial charge >= 0.3 is 0 Å². The van der Waals surface area contributed by atoms with E-state index in [1.807, 2.05) is 61.5 Å². The Bertz CT molecular complexity index is 1350.